The second-order valence-electron chi connectivity index (χ2n) is 7.45. The van der Waals surface area contributed by atoms with E-state index in [4.69, 9.17) is 5.11 Å². The highest BCUT2D eigenvalue weighted by Gasteiger charge is 2.08. The number of hydrogen-bond acceptors (Lipinski definition) is 3. The fraction of sp³-hybridized carbons (Fsp3) is 0.500. The Morgan fingerprint density at radius 2 is 1.82 bits per heavy atom. The van der Waals surface area contributed by atoms with E-state index in [9.17, 15) is 9.90 Å². The SMILES string of the molecule is CCCCCCCCC(O)c1ccc2ccc(/C=C/CCCC(=O)O)nc2c1. The lowest BCUT2D eigenvalue weighted by Gasteiger charge is -2.12. The molecular weight excluding hydrogens is 350 g/mol. The molecule has 1 atom stereocenters. The van der Waals surface area contributed by atoms with Gasteiger partial charge in [-0.2, -0.15) is 0 Å². The first kappa shape index (κ1) is 22.1. The van der Waals surface area contributed by atoms with E-state index in [1.807, 2.05) is 42.5 Å². The lowest BCUT2D eigenvalue weighted by Crippen LogP contribution is -1.98. The predicted molar refractivity (Wildman–Crippen MR) is 115 cm³/mol. The molecule has 1 aromatic carbocycles. The molecule has 1 heterocycles. The molecule has 0 spiro atoms. The average molecular weight is 384 g/mol. The number of aromatic nitrogens is 1. The van der Waals surface area contributed by atoms with Gasteiger partial charge in [-0.1, -0.05) is 69.7 Å². The Balaban J connectivity index is 1.91. The fourth-order valence-electron chi connectivity index (χ4n) is 3.31. The van der Waals surface area contributed by atoms with E-state index in [0.717, 1.165) is 41.4 Å². The maximum absolute atomic E-state index is 10.5. The normalized spacial score (nSPS) is 12.6. The Labute approximate surface area is 168 Å². The fourth-order valence-corrected chi connectivity index (χ4v) is 3.31. The van der Waals surface area contributed by atoms with Crippen molar-refractivity contribution in [2.75, 3.05) is 0 Å². The van der Waals surface area contributed by atoms with Gasteiger partial charge in [-0.25, -0.2) is 4.98 Å². The summed E-state index contributed by atoms with van der Waals surface area (Å²) < 4.78 is 0. The number of aliphatic hydroxyl groups excluding tert-OH is 1. The minimum absolute atomic E-state index is 0.190. The molecule has 4 nitrogen and oxygen atoms in total. The van der Waals surface area contributed by atoms with Crippen LogP contribution in [0.1, 0.15) is 88.5 Å². The second kappa shape index (κ2) is 12.3. The number of allylic oxidation sites excluding steroid dienone is 1. The molecule has 2 N–H and O–H groups in total. The van der Waals surface area contributed by atoms with Gasteiger partial charge < -0.3 is 10.2 Å². The molecule has 2 rings (SSSR count). The van der Waals surface area contributed by atoms with Crippen molar-refractivity contribution in [1.82, 2.24) is 4.98 Å². The lowest BCUT2D eigenvalue weighted by molar-refractivity contribution is -0.137. The molecule has 0 saturated carbocycles. The quantitative estimate of drug-likeness (QED) is 0.399. The van der Waals surface area contributed by atoms with Crippen LogP contribution in [-0.4, -0.2) is 21.2 Å². The number of pyridine rings is 1. The summed E-state index contributed by atoms with van der Waals surface area (Å²) in [4.78, 5) is 15.2. The first-order valence-corrected chi connectivity index (χ1v) is 10.6. The third kappa shape index (κ3) is 7.81. The van der Waals surface area contributed by atoms with Gasteiger partial charge in [0.15, 0.2) is 0 Å². The molecule has 0 radical (unpaired) electrons. The van der Waals surface area contributed by atoms with E-state index in [0.29, 0.717) is 6.42 Å². The summed E-state index contributed by atoms with van der Waals surface area (Å²) in [5.74, 6) is -0.760. The van der Waals surface area contributed by atoms with Crippen molar-refractivity contribution < 1.29 is 15.0 Å². The maximum atomic E-state index is 10.5. The summed E-state index contributed by atoms with van der Waals surface area (Å²) >= 11 is 0. The van der Waals surface area contributed by atoms with E-state index in [-0.39, 0.29) is 6.42 Å². The molecule has 1 aromatic heterocycles. The number of carboxylic acid groups (broad SMARTS) is 1. The molecule has 0 fully saturated rings. The summed E-state index contributed by atoms with van der Waals surface area (Å²) in [5, 5.41) is 20.2. The molecule has 0 aliphatic carbocycles. The number of carboxylic acids is 1. The van der Waals surface area contributed by atoms with Crippen LogP contribution in [0.2, 0.25) is 0 Å². The smallest absolute Gasteiger partial charge is 0.303 e. The molecule has 152 valence electrons. The van der Waals surface area contributed by atoms with Gasteiger partial charge in [0.1, 0.15) is 0 Å². The van der Waals surface area contributed by atoms with Crippen molar-refractivity contribution >= 4 is 22.9 Å². The van der Waals surface area contributed by atoms with Crippen LogP contribution in [0.3, 0.4) is 0 Å². The molecule has 28 heavy (non-hydrogen) atoms. The van der Waals surface area contributed by atoms with Crippen LogP contribution in [-0.2, 0) is 4.79 Å². The molecule has 0 amide bonds. The van der Waals surface area contributed by atoms with Crippen molar-refractivity contribution in [3.63, 3.8) is 0 Å². The van der Waals surface area contributed by atoms with Gasteiger partial charge >= 0.3 is 5.97 Å². The summed E-state index contributed by atoms with van der Waals surface area (Å²) in [7, 11) is 0. The second-order valence-corrected chi connectivity index (χ2v) is 7.45. The molecule has 2 aromatic rings. The third-order valence-electron chi connectivity index (χ3n) is 5.00. The number of aliphatic carboxylic acids is 1. The number of carbonyl (C=O) groups is 1. The van der Waals surface area contributed by atoms with Gasteiger partial charge in [-0.05, 0) is 43.0 Å². The highest BCUT2D eigenvalue weighted by molar-refractivity contribution is 5.80. The minimum Gasteiger partial charge on any atom is -0.481 e. The Bertz CT molecular complexity index is 770. The molecular formula is C24H33NO3. The molecule has 0 bridgehead atoms. The Hall–Kier alpha value is -2.20. The van der Waals surface area contributed by atoms with Gasteiger partial charge in [-0.3, -0.25) is 4.79 Å². The van der Waals surface area contributed by atoms with Crippen LogP contribution in [0.25, 0.3) is 17.0 Å². The van der Waals surface area contributed by atoms with Crippen molar-refractivity contribution in [2.24, 2.45) is 0 Å². The topological polar surface area (TPSA) is 70.4 Å². The first-order chi connectivity index (χ1) is 13.6. The summed E-state index contributed by atoms with van der Waals surface area (Å²) in [6, 6.07) is 9.99. The summed E-state index contributed by atoms with van der Waals surface area (Å²) in [5.41, 5.74) is 2.66. The van der Waals surface area contributed by atoms with Crippen molar-refractivity contribution in [1.29, 1.82) is 0 Å². The molecule has 1 unspecified atom stereocenters. The number of aliphatic hydroxyl groups is 1. The van der Waals surface area contributed by atoms with Crippen LogP contribution in [0.5, 0.6) is 0 Å². The van der Waals surface area contributed by atoms with Crippen molar-refractivity contribution in [3.8, 4) is 0 Å². The molecule has 0 aliphatic heterocycles. The van der Waals surface area contributed by atoms with Crippen LogP contribution in [0.4, 0.5) is 0 Å². The maximum Gasteiger partial charge on any atom is 0.303 e. The highest BCUT2D eigenvalue weighted by Crippen LogP contribution is 2.24. The number of nitrogens with zero attached hydrogens (tertiary/aromatic N) is 1. The minimum atomic E-state index is -0.760. The van der Waals surface area contributed by atoms with E-state index in [2.05, 4.69) is 11.9 Å². The van der Waals surface area contributed by atoms with Crippen LogP contribution in [0.15, 0.2) is 36.4 Å². The van der Waals surface area contributed by atoms with Crippen LogP contribution in [0, 0.1) is 0 Å². The van der Waals surface area contributed by atoms with Gasteiger partial charge in [0.2, 0.25) is 0 Å². The Morgan fingerprint density at radius 1 is 1.07 bits per heavy atom. The number of rotatable bonds is 13. The van der Waals surface area contributed by atoms with E-state index < -0.39 is 12.1 Å². The average Bonchev–Trinajstić information content (AvgIpc) is 2.69. The Morgan fingerprint density at radius 3 is 2.61 bits per heavy atom. The molecule has 0 aliphatic rings. The number of hydrogen-bond donors (Lipinski definition) is 2. The standard InChI is InChI=1S/C24H33NO3/c1-2-3-4-5-6-9-12-23(26)20-15-14-19-16-17-21(25-22(19)18-20)11-8-7-10-13-24(27)28/h8,11,14-18,23,26H,2-7,9-10,12-13H2,1H3,(H,27,28)/b11-8+. The van der Waals surface area contributed by atoms with Gasteiger partial charge in [0.25, 0.3) is 0 Å². The zero-order chi connectivity index (χ0) is 20.2. The molecule has 4 heteroatoms. The highest BCUT2D eigenvalue weighted by atomic mass is 16.4. The third-order valence-corrected chi connectivity index (χ3v) is 5.00. The summed E-state index contributed by atoms with van der Waals surface area (Å²) in [6.45, 7) is 2.22. The van der Waals surface area contributed by atoms with Gasteiger partial charge in [0.05, 0.1) is 17.3 Å². The van der Waals surface area contributed by atoms with E-state index in [1.165, 1.54) is 32.1 Å². The van der Waals surface area contributed by atoms with E-state index in [1.54, 1.807) is 0 Å². The van der Waals surface area contributed by atoms with Gasteiger partial charge in [0, 0.05) is 11.8 Å². The predicted octanol–water partition coefficient (Wildman–Crippen LogP) is 6.29. The summed E-state index contributed by atoms with van der Waals surface area (Å²) in [6.07, 6.45) is 13.1. The van der Waals surface area contributed by atoms with Crippen LogP contribution < -0.4 is 0 Å². The zero-order valence-electron chi connectivity index (χ0n) is 16.9. The number of unbranched alkanes of at least 4 members (excludes halogenated alkanes) is 6. The Kier molecular flexibility index (Phi) is 9.70. The van der Waals surface area contributed by atoms with Gasteiger partial charge in [-0.15, -0.1) is 0 Å². The zero-order valence-corrected chi connectivity index (χ0v) is 16.9. The lowest BCUT2D eigenvalue weighted by atomic mass is 10.0. The monoisotopic (exact) mass is 383 g/mol. The van der Waals surface area contributed by atoms with Crippen molar-refractivity contribution in [3.05, 3.63) is 47.7 Å². The number of fused-ring (bicyclic) bond motifs is 1. The van der Waals surface area contributed by atoms with Crippen molar-refractivity contribution in [2.45, 2.75) is 77.2 Å². The van der Waals surface area contributed by atoms with Crippen LogP contribution >= 0.6 is 0 Å². The number of benzene rings is 1. The first-order valence-electron chi connectivity index (χ1n) is 10.6. The van der Waals surface area contributed by atoms with E-state index >= 15 is 0 Å². The largest absolute Gasteiger partial charge is 0.481 e. The molecule has 0 saturated heterocycles.